The second-order valence-corrected chi connectivity index (χ2v) is 5.68. The van der Waals surface area contributed by atoms with Crippen LogP contribution in [0.4, 0.5) is 0 Å². The fourth-order valence-corrected chi connectivity index (χ4v) is 2.44. The zero-order valence-corrected chi connectivity index (χ0v) is 12.6. The molecular formula is C13H14Br2N2. The molecule has 0 saturated heterocycles. The summed E-state index contributed by atoms with van der Waals surface area (Å²) < 4.78 is 3.10. The molecule has 1 aromatic heterocycles. The van der Waals surface area contributed by atoms with Gasteiger partial charge in [0.15, 0.2) is 0 Å². The number of aromatic nitrogens is 2. The number of hydrogen-bond donors (Lipinski definition) is 0. The van der Waals surface area contributed by atoms with Crippen LogP contribution in [0.3, 0.4) is 0 Å². The van der Waals surface area contributed by atoms with E-state index in [-0.39, 0.29) is 0 Å². The molecule has 0 unspecified atom stereocenters. The van der Waals surface area contributed by atoms with Gasteiger partial charge in [-0.3, -0.25) is 4.68 Å². The predicted molar refractivity (Wildman–Crippen MR) is 77.6 cm³/mol. The standard InChI is InChI=1S/C13H14Br2N2/c14-6-2-4-12-8-16-17(10-12)9-11-3-1-5-13(15)7-11/h1,3,5,7-8,10H,2,4,6,9H2. The number of benzene rings is 1. The van der Waals surface area contributed by atoms with Crippen LogP contribution < -0.4 is 0 Å². The minimum absolute atomic E-state index is 0.827. The molecule has 0 aliphatic rings. The quantitative estimate of drug-likeness (QED) is 0.739. The SMILES string of the molecule is BrCCCc1cnn(Cc2cccc(Br)c2)c1. The van der Waals surface area contributed by atoms with E-state index in [1.54, 1.807) is 0 Å². The smallest absolute Gasteiger partial charge is 0.0659 e. The largest absolute Gasteiger partial charge is 0.268 e. The number of aryl methyl sites for hydroxylation is 1. The van der Waals surface area contributed by atoms with Crippen LogP contribution in [-0.2, 0) is 13.0 Å². The highest BCUT2D eigenvalue weighted by atomic mass is 79.9. The predicted octanol–water partition coefficient (Wildman–Crippen LogP) is 4.02. The molecule has 0 fully saturated rings. The van der Waals surface area contributed by atoms with E-state index in [9.17, 15) is 0 Å². The average molecular weight is 358 g/mol. The lowest BCUT2D eigenvalue weighted by Gasteiger charge is -2.02. The van der Waals surface area contributed by atoms with Gasteiger partial charge in [0.1, 0.15) is 0 Å². The van der Waals surface area contributed by atoms with Crippen LogP contribution in [0.2, 0.25) is 0 Å². The van der Waals surface area contributed by atoms with Gasteiger partial charge in [-0.2, -0.15) is 5.10 Å². The Morgan fingerprint density at radius 3 is 2.88 bits per heavy atom. The number of rotatable bonds is 5. The zero-order valence-electron chi connectivity index (χ0n) is 9.44. The fourth-order valence-electron chi connectivity index (χ4n) is 1.72. The van der Waals surface area contributed by atoms with Crippen molar-refractivity contribution in [1.82, 2.24) is 9.78 Å². The molecule has 4 heteroatoms. The van der Waals surface area contributed by atoms with Crippen LogP contribution in [-0.4, -0.2) is 15.1 Å². The van der Waals surface area contributed by atoms with Crippen molar-refractivity contribution in [2.24, 2.45) is 0 Å². The average Bonchev–Trinajstić information content (AvgIpc) is 2.74. The Labute approximate surface area is 118 Å². The van der Waals surface area contributed by atoms with Crippen LogP contribution in [0.15, 0.2) is 41.1 Å². The molecule has 0 N–H and O–H groups in total. The summed E-state index contributed by atoms with van der Waals surface area (Å²) >= 11 is 6.92. The molecule has 0 aliphatic carbocycles. The van der Waals surface area contributed by atoms with Gasteiger partial charge in [0.05, 0.1) is 12.7 Å². The van der Waals surface area contributed by atoms with Gasteiger partial charge in [-0.25, -0.2) is 0 Å². The monoisotopic (exact) mass is 356 g/mol. The van der Waals surface area contributed by atoms with Crippen LogP contribution >= 0.6 is 31.9 Å². The normalized spacial score (nSPS) is 10.7. The lowest BCUT2D eigenvalue weighted by molar-refractivity contribution is 0.685. The molecular weight excluding hydrogens is 344 g/mol. The number of nitrogens with zero attached hydrogens (tertiary/aromatic N) is 2. The third kappa shape index (κ3) is 3.96. The van der Waals surface area contributed by atoms with E-state index in [0.29, 0.717) is 0 Å². The summed E-state index contributed by atoms with van der Waals surface area (Å²) in [6.07, 6.45) is 6.33. The summed E-state index contributed by atoms with van der Waals surface area (Å²) in [5.74, 6) is 0. The van der Waals surface area contributed by atoms with Crippen molar-refractivity contribution >= 4 is 31.9 Å². The van der Waals surface area contributed by atoms with Gasteiger partial charge >= 0.3 is 0 Å². The van der Waals surface area contributed by atoms with E-state index in [4.69, 9.17) is 0 Å². The molecule has 0 spiro atoms. The number of halogens is 2. The molecule has 0 amide bonds. The maximum absolute atomic E-state index is 4.38. The van der Waals surface area contributed by atoms with Gasteiger partial charge in [-0.05, 0) is 36.1 Å². The Hall–Kier alpha value is -0.610. The number of hydrogen-bond acceptors (Lipinski definition) is 1. The summed E-state index contributed by atoms with van der Waals surface area (Å²) in [4.78, 5) is 0. The summed E-state index contributed by atoms with van der Waals surface area (Å²) in [6, 6.07) is 8.33. The van der Waals surface area contributed by atoms with Gasteiger partial charge in [-0.15, -0.1) is 0 Å². The Balaban J connectivity index is 2.01. The first kappa shape index (κ1) is 12.8. The highest BCUT2D eigenvalue weighted by Gasteiger charge is 2.00. The Morgan fingerprint density at radius 1 is 1.24 bits per heavy atom. The van der Waals surface area contributed by atoms with Gasteiger partial charge in [0.25, 0.3) is 0 Å². The molecule has 0 saturated carbocycles. The van der Waals surface area contributed by atoms with E-state index < -0.39 is 0 Å². The van der Waals surface area contributed by atoms with Gasteiger partial charge in [0.2, 0.25) is 0 Å². The lowest BCUT2D eigenvalue weighted by atomic mass is 10.2. The van der Waals surface area contributed by atoms with Crippen LogP contribution in [0.5, 0.6) is 0 Å². The van der Waals surface area contributed by atoms with Crippen molar-refractivity contribution in [3.8, 4) is 0 Å². The Morgan fingerprint density at radius 2 is 2.12 bits per heavy atom. The summed E-state index contributed by atoms with van der Waals surface area (Å²) in [7, 11) is 0. The van der Waals surface area contributed by atoms with Gasteiger partial charge in [-0.1, -0.05) is 44.0 Å². The van der Waals surface area contributed by atoms with E-state index in [2.05, 4.69) is 61.4 Å². The van der Waals surface area contributed by atoms with E-state index in [1.165, 1.54) is 11.1 Å². The minimum Gasteiger partial charge on any atom is -0.268 e. The topological polar surface area (TPSA) is 17.8 Å². The van der Waals surface area contributed by atoms with Crippen molar-refractivity contribution in [3.05, 3.63) is 52.3 Å². The van der Waals surface area contributed by atoms with Crippen LogP contribution in [0.1, 0.15) is 17.5 Å². The van der Waals surface area contributed by atoms with Crippen molar-refractivity contribution in [1.29, 1.82) is 0 Å². The van der Waals surface area contributed by atoms with Gasteiger partial charge in [0, 0.05) is 16.0 Å². The molecule has 2 rings (SSSR count). The summed E-state index contributed by atoms with van der Waals surface area (Å²) in [5.41, 5.74) is 2.56. The van der Waals surface area contributed by atoms with Gasteiger partial charge < -0.3 is 0 Å². The molecule has 1 aromatic carbocycles. The third-order valence-corrected chi connectivity index (χ3v) is 3.57. The molecule has 2 aromatic rings. The van der Waals surface area contributed by atoms with Crippen molar-refractivity contribution < 1.29 is 0 Å². The maximum Gasteiger partial charge on any atom is 0.0659 e. The Bertz CT molecular complexity index is 480. The molecule has 0 radical (unpaired) electrons. The maximum atomic E-state index is 4.38. The molecule has 0 atom stereocenters. The summed E-state index contributed by atoms with van der Waals surface area (Å²) in [5, 5.41) is 5.43. The zero-order chi connectivity index (χ0) is 12.1. The van der Waals surface area contributed by atoms with Crippen molar-refractivity contribution in [2.75, 3.05) is 5.33 Å². The fraction of sp³-hybridized carbons (Fsp3) is 0.308. The highest BCUT2D eigenvalue weighted by molar-refractivity contribution is 9.10. The molecule has 0 aliphatic heterocycles. The third-order valence-electron chi connectivity index (χ3n) is 2.52. The highest BCUT2D eigenvalue weighted by Crippen LogP contribution is 2.13. The van der Waals surface area contributed by atoms with E-state index in [1.807, 2.05) is 16.9 Å². The number of alkyl halides is 1. The molecule has 2 nitrogen and oxygen atoms in total. The van der Waals surface area contributed by atoms with Crippen molar-refractivity contribution in [2.45, 2.75) is 19.4 Å². The van der Waals surface area contributed by atoms with Crippen LogP contribution in [0.25, 0.3) is 0 Å². The van der Waals surface area contributed by atoms with Crippen LogP contribution in [0, 0.1) is 0 Å². The second-order valence-electron chi connectivity index (χ2n) is 3.97. The Kier molecular flexibility index (Phi) is 4.80. The lowest BCUT2D eigenvalue weighted by Crippen LogP contribution is -1.99. The van der Waals surface area contributed by atoms with E-state index in [0.717, 1.165) is 29.2 Å². The first-order valence-corrected chi connectivity index (χ1v) is 7.51. The van der Waals surface area contributed by atoms with E-state index >= 15 is 0 Å². The second kappa shape index (κ2) is 6.36. The molecule has 17 heavy (non-hydrogen) atoms. The molecule has 1 heterocycles. The first-order chi connectivity index (χ1) is 8.28. The molecule has 90 valence electrons. The van der Waals surface area contributed by atoms with Crippen molar-refractivity contribution in [3.63, 3.8) is 0 Å². The summed E-state index contributed by atoms with van der Waals surface area (Å²) in [6.45, 7) is 0.827. The first-order valence-electron chi connectivity index (χ1n) is 5.59. The minimum atomic E-state index is 0.827. The molecule has 0 bridgehead atoms.